The van der Waals surface area contributed by atoms with Gasteiger partial charge in [-0.05, 0) is 36.8 Å². The number of halogens is 3. The topological polar surface area (TPSA) is 78.7 Å². The molecule has 1 fully saturated rings. The number of phenols is 1. The van der Waals surface area contributed by atoms with Gasteiger partial charge in [0.15, 0.2) is 5.82 Å². The molecule has 0 bridgehead atoms. The average Bonchev–Trinajstić information content (AvgIpc) is 2.61. The van der Waals surface area contributed by atoms with Crippen LogP contribution in [0.3, 0.4) is 0 Å². The number of ether oxygens (including phenoxy) is 1. The third-order valence-electron chi connectivity index (χ3n) is 4.22. The molecule has 2 N–H and O–H groups in total. The molecule has 1 aliphatic rings. The summed E-state index contributed by atoms with van der Waals surface area (Å²) in [6.45, 7) is 3.16. The summed E-state index contributed by atoms with van der Waals surface area (Å²) in [5.41, 5.74) is 0.234. The molecule has 1 aromatic carbocycles. The molecule has 1 saturated heterocycles. The van der Waals surface area contributed by atoms with Gasteiger partial charge in [-0.25, -0.2) is 0 Å². The number of phenolic OH excluding ortho intramolecular Hbond substituents is 1. The minimum Gasteiger partial charge on any atom is -0.507 e. The number of anilines is 1. The SMILES string of the molecule is Cc1cc(N2CCO[C@H](CO)C2)nnc1-c1ccc(C(F)(F)F)cc1O. The molecule has 2 aromatic rings. The van der Waals surface area contributed by atoms with Gasteiger partial charge < -0.3 is 19.8 Å². The zero-order chi connectivity index (χ0) is 18.9. The van der Waals surface area contributed by atoms with Crippen molar-refractivity contribution in [2.75, 3.05) is 31.2 Å². The Kier molecular flexibility index (Phi) is 5.01. The Bertz CT molecular complexity index is 799. The van der Waals surface area contributed by atoms with Crippen molar-refractivity contribution < 1.29 is 28.1 Å². The molecule has 0 radical (unpaired) electrons. The molecule has 1 aromatic heterocycles. The van der Waals surface area contributed by atoms with Gasteiger partial charge in [-0.3, -0.25) is 0 Å². The summed E-state index contributed by atoms with van der Waals surface area (Å²) in [5.74, 6) is 0.0797. The zero-order valence-electron chi connectivity index (χ0n) is 14.0. The van der Waals surface area contributed by atoms with Gasteiger partial charge in [0.25, 0.3) is 0 Å². The van der Waals surface area contributed by atoms with E-state index in [2.05, 4.69) is 10.2 Å². The van der Waals surface area contributed by atoms with Crippen molar-refractivity contribution in [3.63, 3.8) is 0 Å². The van der Waals surface area contributed by atoms with Crippen molar-refractivity contribution in [2.45, 2.75) is 19.2 Å². The molecular formula is C17H18F3N3O3. The summed E-state index contributed by atoms with van der Waals surface area (Å²) >= 11 is 0. The number of hydrogen-bond acceptors (Lipinski definition) is 6. The number of aromatic nitrogens is 2. The van der Waals surface area contributed by atoms with Gasteiger partial charge in [-0.1, -0.05) is 0 Å². The summed E-state index contributed by atoms with van der Waals surface area (Å²) in [4.78, 5) is 1.92. The molecule has 1 aliphatic heterocycles. The molecule has 6 nitrogen and oxygen atoms in total. The lowest BCUT2D eigenvalue weighted by Gasteiger charge is -2.32. The monoisotopic (exact) mass is 369 g/mol. The van der Waals surface area contributed by atoms with E-state index in [1.807, 2.05) is 4.90 Å². The summed E-state index contributed by atoms with van der Waals surface area (Å²) < 4.78 is 43.6. The third-order valence-corrected chi connectivity index (χ3v) is 4.22. The first kappa shape index (κ1) is 18.4. The van der Waals surface area contributed by atoms with Gasteiger partial charge in [-0.15, -0.1) is 10.2 Å². The van der Waals surface area contributed by atoms with E-state index >= 15 is 0 Å². The Morgan fingerprint density at radius 1 is 1.27 bits per heavy atom. The smallest absolute Gasteiger partial charge is 0.416 e. The van der Waals surface area contributed by atoms with Crippen LogP contribution in [0.2, 0.25) is 0 Å². The maximum atomic E-state index is 12.7. The highest BCUT2D eigenvalue weighted by Gasteiger charge is 2.31. The quantitative estimate of drug-likeness (QED) is 0.865. The van der Waals surface area contributed by atoms with Crippen LogP contribution in [0.15, 0.2) is 24.3 Å². The Labute approximate surface area is 147 Å². The number of morpholine rings is 1. The number of nitrogens with zero attached hydrogens (tertiary/aromatic N) is 3. The van der Waals surface area contributed by atoms with Crippen LogP contribution < -0.4 is 4.90 Å². The van der Waals surface area contributed by atoms with E-state index in [1.165, 1.54) is 6.07 Å². The predicted octanol–water partition coefficient (Wildman–Crippen LogP) is 2.37. The average molecular weight is 369 g/mol. The Balaban J connectivity index is 1.88. The highest BCUT2D eigenvalue weighted by molar-refractivity contribution is 5.70. The maximum Gasteiger partial charge on any atom is 0.416 e. The van der Waals surface area contributed by atoms with Gasteiger partial charge in [0.2, 0.25) is 0 Å². The largest absolute Gasteiger partial charge is 0.507 e. The van der Waals surface area contributed by atoms with Crippen LogP contribution in [0, 0.1) is 6.92 Å². The minimum absolute atomic E-state index is 0.0968. The van der Waals surface area contributed by atoms with Crippen LogP contribution in [0.1, 0.15) is 11.1 Å². The molecule has 1 atom stereocenters. The lowest BCUT2D eigenvalue weighted by Crippen LogP contribution is -2.44. The van der Waals surface area contributed by atoms with Crippen LogP contribution in [-0.4, -0.2) is 52.8 Å². The van der Waals surface area contributed by atoms with Crippen LogP contribution in [0.25, 0.3) is 11.3 Å². The summed E-state index contributed by atoms with van der Waals surface area (Å²) in [5, 5.41) is 27.4. The van der Waals surface area contributed by atoms with Crippen molar-refractivity contribution in [2.24, 2.45) is 0 Å². The fraction of sp³-hybridized carbons (Fsp3) is 0.412. The first-order chi connectivity index (χ1) is 12.3. The molecule has 0 amide bonds. The number of aryl methyl sites for hydroxylation is 1. The molecule has 0 unspecified atom stereocenters. The van der Waals surface area contributed by atoms with E-state index in [0.29, 0.717) is 42.8 Å². The number of hydrogen-bond donors (Lipinski definition) is 2. The second kappa shape index (κ2) is 7.08. The van der Waals surface area contributed by atoms with Crippen LogP contribution in [0.4, 0.5) is 19.0 Å². The molecule has 9 heteroatoms. The molecule has 2 heterocycles. The van der Waals surface area contributed by atoms with Crippen molar-refractivity contribution in [3.8, 4) is 17.0 Å². The van der Waals surface area contributed by atoms with E-state index in [-0.39, 0.29) is 18.3 Å². The van der Waals surface area contributed by atoms with E-state index in [1.54, 1.807) is 13.0 Å². The van der Waals surface area contributed by atoms with Crippen molar-refractivity contribution in [1.29, 1.82) is 0 Å². The lowest BCUT2D eigenvalue weighted by atomic mass is 10.0. The number of alkyl halides is 3. The number of aromatic hydroxyl groups is 1. The minimum atomic E-state index is -4.53. The maximum absolute atomic E-state index is 12.7. The summed E-state index contributed by atoms with van der Waals surface area (Å²) in [6.07, 6.45) is -4.83. The third kappa shape index (κ3) is 3.73. The number of aliphatic hydroxyl groups excluding tert-OH is 1. The first-order valence-corrected chi connectivity index (χ1v) is 8.02. The van der Waals surface area contributed by atoms with Gasteiger partial charge >= 0.3 is 6.18 Å². The highest BCUT2D eigenvalue weighted by Crippen LogP contribution is 2.37. The second-order valence-corrected chi connectivity index (χ2v) is 6.09. The first-order valence-electron chi connectivity index (χ1n) is 8.02. The van der Waals surface area contributed by atoms with Crippen molar-refractivity contribution in [3.05, 3.63) is 35.4 Å². The van der Waals surface area contributed by atoms with Gasteiger partial charge in [-0.2, -0.15) is 13.2 Å². The van der Waals surface area contributed by atoms with Crippen LogP contribution in [0.5, 0.6) is 5.75 Å². The predicted molar refractivity (Wildman–Crippen MR) is 87.9 cm³/mol. The summed E-state index contributed by atoms with van der Waals surface area (Å²) in [7, 11) is 0. The molecule has 0 spiro atoms. The van der Waals surface area contributed by atoms with Gasteiger partial charge in [0, 0.05) is 18.7 Å². The van der Waals surface area contributed by atoms with E-state index in [4.69, 9.17) is 4.74 Å². The van der Waals surface area contributed by atoms with E-state index in [0.717, 1.165) is 6.07 Å². The highest BCUT2D eigenvalue weighted by atomic mass is 19.4. The molecule has 26 heavy (non-hydrogen) atoms. The Morgan fingerprint density at radius 2 is 2.04 bits per heavy atom. The molecule has 0 saturated carbocycles. The lowest BCUT2D eigenvalue weighted by molar-refractivity contribution is -0.137. The normalized spacial score (nSPS) is 18.2. The van der Waals surface area contributed by atoms with Crippen molar-refractivity contribution in [1.82, 2.24) is 10.2 Å². The second-order valence-electron chi connectivity index (χ2n) is 6.09. The molecule has 3 rings (SSSR count). The summed E-state index contributed by atoms with van der Waals surface area (Å²) in [6, 6.07) is 4.51. The molecule has 140 valence electrons. The van der Waals surface area contributed by atoms with E-state index in [9.17, 15) is 23.4 Å². The number of aliphatic hydroxyl groups is 1. The number of benzene rings is 1. The Morgan fingerprint density at radius 3 is 2.65 bits per heavy atom. The van der Waals surface area contributed by atoms with E-state index < -0.39 is 17.5 Å². The fourth-order valence-electron chi connectivity index (χ4n) is 2.84. The molecular weight excluding hydrogens is 351 g/mol. The molecule has 0 aliphatic carbocycles. The fourth-order valence-corrected chi connectivity index (χ4v) is 2.84. The van der Waals surface area contributed by atoms with Gasteiger partial charge in [0.1, 0.15) is 5.75 Å². The Hall–Kier alpha value is -2.39. The van der Waals surface area contributed by atoms with Crippen LogP contribution >= 0.6 is 0 Å². The van der Waals surface area contributed by atoms with Gasteiger partial charge in [0.05, 0.1) is 30.6 Å². The van der Waals surface area contributed by atoms with Crippen molar-refractivity contribution >= 4 is 5.82 Å². The zero-order valence-corrected chi connectivity index (χ0v) is 14.0. The van der Waals surface area contributed by atoms with Crippen LogP contribution in [-0.2, 0) is 10.9 Å². The number of rotatable bonds is 3. The standard InChI is InChI=1S/C17H18F3N3O3/c1-10-6-15(23-4-5-26-12(8-23)9-24)21-22-16(10)13-3-2-11(7-14(13)25)17(18,19)20/h2-3,6-7,12,24-25H,4-5,8-9H2,1H3/t12-/m0/s1.